The van der Waals surface area contributed by atoms with E-state index in [9.17, 15) is 0 Å². The van der Waals surface area contributed by atoms with Crippen molar-refractivity contribution in [2.45, 2.75) is 1.47 Å². The van der Waals surface area contributed by atoms with Crippen molar-refractivity contribution in [3.8, 4) is 0 Å². The highest BCUT2D eigenvalue weighted by molar-refractivity contribution is 14.2. The third-order valence-electron chi connectivity index (χ3n) is 0.0875. The molecule has 0 nitrogen and oxygen atoms in total. The van der Waals surface area contributed by atoms with E-state index >= 15 is 0 Å². The van der Waals surface area contributed by atoms with Gasteiger partial charge in [-0.3, -0.25) is 0 Å². The summed E-state index contributed by atoms with van der Waals surface area (Å²) in [6, 6.07) is 0. The van der Waals surface area contributed by atoms with Gasteiger partial charge in [-0.05, 0) is 77.9 Å². The van der Waals surface area contributed by atoms with Crippen LogP contribution in [0.1, 0.15) is 0 Å². The molecule has 0 atom stereocenters. The van der Waals surface area contributed by atoms with Crippen molar-refractivity contribution in [1.29, 1.82) is 0 Å². The van der Waals surface area contributed by atoms with Crippen LogP contribution >= 0.6 is 77.9 Å². The van der Waals surface area contributed by atoms with Crippen molar-refractivity contribution in [2.24, 2.45) is 0 Å². The maximum Gasteiger partial charge on any atom is 0.189 e. The standard InChI is InChI=1S/CBr3IS/c2-1(3,4)6-5. The molecule has 0 spiro atoms. The molecule has 0 N–H and O–H groups in total. The zero-order valence-electron chi connectivity index (χ0n) is 2.42. The normalized spacial score (nSPS) is 12.0. The van der Waals surface area contributed by atoms with Gasteiger partial charge in [0.05, 0.1) is 0 Å². The van der Waals surface area contributed by atoms with E-state index < -0.39 is 0 Å². The number of alkyl halides is 3. The molecular weight excluding hydrogens is 411 g/mol. The Labute approximate surface area is 78.2 Å². The molecular formula is CBr3IS. The topological polar surface area (TPSA) is 0 Å². The number of halogens is 4. The molecule has 6 heavy (non-hydrogen) atoms. The molecule has 38 valence electrons. The average molecular weight is 411 g/mol. The lowest BCUT2D eigenvalue weighted by atomic mass is 11.9. The fourth-order valence-electron chi connectivity index (χ4n) is 0. The molecule has 0 aliphatic heterocycles. The van der Waals surface area contributed by atoms with Crippen LogP contribution in [0.25, 0.3) is 0 Å². The Morgan fingerprint density at radius 3 is 1.50 bits per heavy atom. The largest absolute Gasteiger partial charge is 0.189 e. The van der Waals surface area contributed by atoms with E-state index in [0.717, 1.165) is 0 Å². The van der Waals surface area contributed by atoms with Crippen molar-refractivity contribution >= 4 is 77.9 Å². The molecule has 0 radical (unpaired) electrons. The Morgan fingerprint density at radius 2 is 1.50 bits per heavy atom. The highest BCUT2D eigenvalue weighted by Crippen LogP contribution is 2.48. The summed E-state index contributed by atoms with van der Waals surface area (Å²) in [6.07, 6.45) is 0. The molecule has 0 aliphatic rings. The summed E-state index contributed by atoms with van der Waals surface area (Å²) < 4.78 is -0.117. The van der Waals surface area contributed by atoms with Crippen molar-refractivity contribution in [1.82, 2.24) is 0 Å². The lowest BCUT2D eigenvalue weighted by Crippen LogP contribution is -1.81. The van der Waals surface area contributed by atoms with Crippen LogP contribution in [0.4, 0.5) is 0 Å². The maximum atomic E-state index is 3.27. The first-order chi connectivity index (χ1) is 2.56. The highest BCUT2D eigenvalue weighted by Gasteiger charge is 2.14. The Kier molecular flexibility index (Phi) is 5.01. The van der Waals surface area contributed by atoms with Crippen LogP contribution in [0, 0.1) is 0 Å². The third-order valence-corrected chi connectivity index (χ3v) is 9.15. The van der Waals surface area contributed by atoms with Crippen LogP contribution in [-0.4, -0.2) is 1.47 Å². The summed E-state index contributed by atoms with van der Waals surface area (Å²) >= 11 is 12.0. The first-order valence-corrected chi connectivity index (χ1v) is 6.66. The van der Waals surface area contributed by atoms with Gasteiger partial charge in [0.2, 0.25) is 0 Å². The van der Waals surface area contributed by atoms with E-state index in [2.05, 4.69) is 69.0 Å². The predicted octanol–water partition coefficient (Wildman–Crippen LogP) is 3.87. The van der Waals surface area contributed by atoms with Crippen LogP contribution in [0.5, 0.6) is 0 Å². The molecule has 0 aliphatic carbocycles. The molecule has 5 heteroatoms. The van der Waals surface area contributed by atoms with Gasteiger partial charge in [0.1, 0.15) is 0 Å². The molecule has 0 saturated heterocycles. The first kappa shape index (κ1) is 8.52. The molecule has 0 aromatic carbocycles. The van der Waals surface area contributed by atoms with Crippen molar-refractivity contribution in [2.75, 3.05) is 0 Å². The van der Waals surface area contributed by atoms with E-state index in [-0.39, 0.29) is 1.47 Å². The molecule has 0 bridgehead atoms. The highest BCUT2D eigenvalue weighted by atomic mass is 127. The predicted molar refractivity (Wildman–Crippen MR) is 51.1 cm³/mol. The van der Waals surface area contributed by atoms with E-state index in [0.29, 0.717) is 0 Å². The Morgan fingerprint density at radius 1 is 1.33 bits per heavy atom. The summed E-state index contributed by atoms with van der Waals surface area (Å²) in [7, 11) is 1.60. The monoisotopic (exact) mass is 408 g/mol. The summed E-state index contributed by atoms with van der Waals surface area (Å²) in [6.45, 7) is 0. The molecule has 0 aromatic rings. The Bertz CT molecular complexity index is 40.5. The van der Waals surface area contributed by atoms with Crippen molar-refractivity contribution in [3.05, 3.63) is 0 Å². The van der Waals surface area contributed by atoms with E-state index in [1.165, 1.54) is 0 Å². The minimum atomic E-state index is -0.117. The van der Waals surface area contributed by atoms with Crippen molar-refractivity contribution < 1.29 is 0 Å². The number of rotatable bonds is 0. The van der Waals surface area contributed by atoms with E-state index in [1.807, 2.05) is 0 Å². The molecule has 0 amide bonds. The summed E-state index contributed by atoms with van der Waals surface area (Å²) in [5, 5.41) is 0. The maximum absolute atomic E-state index is 3.27. The van der Waals surface area contributed by atoms with Gasteiger partial charge in [-0.2, -0.15) is 0 Å². The molecule has 0 heterocycles. The van der Waals surface area contributed by atoms with Gasteiger partial charge in [0.25, 0.3) is 0 Å². The second-order valence-electron chi connectivity index (χ2n) is 0.523. The van der Waals surface area contributed by atoms with Gasteiger partial charge < -0.3 is 0 Å². The second-order valence-corrected chi connectivity index (χ2v) is 10.9. The smallest absolute Gasteiger partial charge is 0.0475 e. The third kappa shape index (κ3) is 6.52. The quantitative estimate of drug-likeness (QED) is 0.432. The van der Waals surface area contributed by atoms with Crippen LogP contribution in [0.15, 0.2) is 0 Å². The molecule has 0 rings (SSSR count). The summed E-state index contributed by atoms with van der Waals surface area (Å²) in [5.41, 5.74) is 0. The molecule has 0 aromatic heterocycles. The Balaban J connectivity index is 3.17. The number of hydrogen-bond acceptors (Lipinski definition) is 1. The van der Waals surface area contributed by atoms with Crippen LogP contribution in [0.3, 0.4) is 0 Å². The van der Waals surface area contributed by atoms with E-state index in [1.54, 1.807) is 8.93 Å². The van der Waals surface area contributed by atoms with Crippen molar-refractivity contribution in [3.63, 3.8) is 0 Å². The summed E-state index contributed by atoms with van der Waals surface area (Å²) in [4.78, 5) is 0. The Hall–Kier alpha value is 2.52. The summed E-state index contributed by atoms with van der Waals surface area (Å²) in [5.74, 6) is 0. The van der Waals surface area contributed by atoms with Gasteiger partial charge in [0, 0.05) is 0 Å². The van der Waals surface area contributed by atoms with Gasteiger partial charge in [0.15, 0.2) is 1.47 Å². The minimum absolute atomic E-state index is 0.117. The van der Waals surface area contributed by atoms with Crippen LogP contribution in [0.2, 0.25) is 0 Å². The zero-order valence-corrected chi connectivity index (χ0v) is 10.2. The van der Waals surface area contributed by atoms with Crippen LogP contribution in [-0.2, 0) is 0 Å². The lowest BCUT2D eigenvalue weighted by molar-refractivity contribution is 2.11. The van der Waals surface area contributed by atoms with Gasteiger partial charge in [-0.25, -0.2) is 0 Å². The van der Waals surface area contributed by atoms with Crippen LogP contribution < -0.4 is 0 Å². The second kappa shape index (κ2) is 3.53. The zero-order chi connectivity index (χ0) is 5.21. The lowest BCUT2D eigenvalue weighted by Gasteiger charge is -2.01. The van der Waals surface area contributed by atoms with Gasteiger partial charge in [-0.15, -0.1) is 0 Å². The SMILES string of the molecule is BrC(Br)(Br)SI. The fraction of sp³-hybridized carbons (Fsp3) is 1.00. The van der Waals surface area contributed by atoms with Gasteiger partial charge in [-0.1, -0.05) is 0 Å². The van der Waals surface area contributed by atoms with E-state index in [4.69, 9.17) is 0 Å². The first-order valence-electron chi connectivity index (χ1n) is 0.925. The average Bonchev–Trinajstić information content (AvgIpc) is 1.35. The minimum Gasteiger partial charge on any atom is -0.0475 e. The number of hydrogen-bond donors (Lipinski definition) is 0. The molecule has 0 saturated carbocycles. The molecule has 0 unspecified atom stereocenters. The van der Waals surface area contributed by atoms with Gasteiger partial charge >= 0.3 is 0 Å². The molecule has 0 fully saturated rings. The fourth-order valence-corrected chi connectivity index (χ4v) is 0.